The quantitative estimate of drug-likeness (QED) is 0.588. The van der Waals surface area contributed by atoms with Crippen molar-refractivity contribution >= 4 is 39.1 Å². The van der Waals surface area contributed by atoms with Crippen LogP contribution in [0.1, 0.15) is 26.7 Å². The molecule has 2 heterocycles. The van der Waals surface area contributed by atoms with Crippen LogP contribution in [0.4, 0.5) is 0 Å². The van der Waals surface area contributed by atoms with Crippen LogP contribution in [0, 0.1) is 0 Å². The van der Waals surface area contributed by atoms with Crippen LogP contribution in [-0.2, 0) is 11.3 Å². The maximum atomic E-state index is 13.2. The van der Waals surface area contributed by atoms with Gasteiger partial charge >= 0.3 is 5.69 Å². The Balaban J connectivity index is 2.13. The highest BCUT2D eigenvalue weighted by molar-refractivity contribution is 7.17. The fraction of sp³-hybridized carbons (Fsp3) is 0.350. The van der Waals surface area contributed by atoms with Crippen LogP contribution in [0.2, 0.25) is 5.02 Å². The number of thiophene rings is 1. The first-order chi connectivity index (χ1) is 13.5. The number of aromatic nitrogens is 2. The lowest BCUT2D eigenvalue weighted by molar-refractivity contribution is -0.131. The third kappa shape index (κ3) is 3.91. The zero-order valence-corrected chi connectivity index (χ0v) is 17.4. The van der Waals surface area contributed by atoms with Crippen molar-refractivity contribution in [3.05, 3.63) is 61.6 Å². The van der Waals surface area contributed by atoms with Gasteiger partial charge in [0.2, 0.25) is 5.91 Å². The molecule has 3 aromatic rings. The van der Waals surface area contributed by atoms with Crippen molar-refractivity contribution in [2.75, 3.05) is 13.1 Å². The van der Waals surface area contributed by atoms with Crippen molar-refractivity contribution in [1.82, 2.24) is 14.0 Å². The van der Waals surface area contributed by atoms with Crippen molar-refractivity contribution < 1.29 is 4.79 Å². The molecule has 0 aliphatic rings. The van der Waals surface area contributed by atoms with Crippen LogP contribution in [0.5, 0.6) is 0 Å². The average molecular weight is 420 g/mol. The van der Waals surface area contributed by atoms with Crippen LogP contribution in [0.25, 0.3) is 15.9 Å². The second kappa shape index (κ2) is 8.75. The second-order valence-corrected chi connectivity index (χ2v) is 7.80. The predicted molar refractivity (Wildman–Crippen MR) is 114 cm³/mol. The topological polar surface area (TPSA) is 64.3 Å². The highest BCUT2D eigenvalue weighted by Gasteiger charge is 2.19. The number of hydrogen-bond donors (Lipinski definition) is 0. The molecular formula is C20H22ClN3O3S. The first kappa shape index (κ1) is 20.4. The molecule has 0 unspecified atom stereocenters. The minimum Gasteiger partial charge on any atom is -0.341 e. The molecule has 2 aromatic heterocycles. The van der Waals surface area contributed by atoms with E-state index in [9.17, 15) is 14.4 Å². The number of likely N-dealkylation sites (N-methyl/N-ethyl adjacent to an activating group) is 1. The summed E-state index contributed by atoms with van der Waals surface area (Å²) >= 11 is 7.30. The van der Waals surface area contributed by atoms with Crippen molar-refractivity contribution in [3.8, 4) is 5.69 Å². The first-order valence-electron chi connectivity index (χ1n) is 9.24. The molecule has 0 saturated heterocycles. The van der Waals surface area contributed by atoms with E-state index in [1.54, 1.807) is 40.6 Å². The van der Waals surface area contributed by atoms with Crippen molar-refractivity contribution in [2.45, 2.75) is 33.2 Å². The molecule has 0 saturated carbocycles. The summed E-state index contributed by atoms with van der Waals surface area (Å²) in [5.74, 6) is -0.137. The number of carbonyl (C=O) groups is 1. The molecule has 1 amide bonds. The van der Waals surface area contributed by atoms with Gasteiger partial charge in [0, 0.05) is 18.1 Å². The third-order valence-electron chi connectivity index (χ3n) is 4.63. The summed E-state index contributed by atoms with van der Waals surface area (Å²) in [4.78, 5) is 40.7. The largest absolute Gasteiger partial charge is 0.341 e. The number of hydrogen-bond acceptors (Lipinski definition) is 4. The molecule has 0 bridgehead atoms. The molecule has 0 radical (unpaired) electrons. The zero-order valence-electron chi connectivity index (χ0n) is 15.9. The summed E-state index contributed by atoms with van der Waals surface area (Å²) in [5.41, 5.74) is -0.0761. The monoisotopic (exact) mass is 419 g/mol. The smallest absolute Gasteiger partial charge is 0.336 e. The second-order valence-electron chi connectivity index (χ2n) is 6.45. The fourth-order valence-electron chi connectivity index (χ4n) is 3.13. The molecule has 28 heavy (non-hydrogen) atoms. The van der Waals surface area contributed by atoms with Crippen LogP contribution >= 0.6 is 22.9 Å². The van der Waals surface area contributed by atoms with Gasteiger partial charge in [-0.05, 0) is 43.0 Å². The molecule has 0 N–H and O–H groups in total. The maximum Gasteiger partial charge on any atom is 0.336 e. The lowest BCUT2D eigenvalue weighted by atomic mass is 10.3. The van der Waals surface area contributed by atoms with Crippen LogP contribution < -0.4 is 11.2 Å². The van der Waals surface area contributed by atoms with E-state index < -0.39 is 11.2 Å². The van der Waals surface area contributed by atoms with E-state index in [4.69, 9.17) is 11.6 Å². The molecule has 0 fully saturated rings. The van der Waals surface area contributed by atoms with Gasteiger partial charge in [0.1, 0.15) is 11.2 Å². The Morgan fingerprint density at radius 1 is 1.21 bits per heavy atom. The third-order valence-corrected chi connectivity index (χ3v) is 5.76. The maximum absolute atomic E-state index is 13.2. The molecule has 0 aliphatic carbocycles. The van der Waals surface area contributed by atoms with Gasteiger partial charge in [-0.2, -0.15) is 0 Å². The van der Waals surface area contributed by atoms with Crippen LogP contribution in [0.15, 0.2) is 45.3 Å². The molecule has 6 nitrogen and oxygen atoms in total. The predicted octanol–water partition coefficient (Wildman–Crippen LogP) is 3.52. The number of fused-ring (bicyclic) bond motifs is 1. The lowest BCUT2D eigenvalue weighted by Gasteiger charge is -2.21. The molecule has 0 spiro atoms. The van der Waals surface area contributed by atoms with E-state index in [2.05, 4.69) is 6.92 Å². The van der Waals surface area contributed by atoms with E-state index in [1.807, 2.05) is 6.92 Å². The SMILES string of the molecule is CCCCN(CC)C(=O)Cn1c(=O)n(-c2cccc(Cl)c2)c(=O)c2sccc21. The fourth-order valence-corrected chi connectivity index (χ4v) is 4.14. The standard InChI is InChI=1S/C20H22ClN3O3S/c1-3-5-10-22(4-2)17(25)13-23-16-9-11-28-18(16)19(26)24(20(23)27)15-8-6-7-14(21)12-15/h6-9,11-12H,3-5,10,13H2,1-2H3. The molecule has 8 heteroatoms. The average Bonchev–Trinajstić information content (AvgIpc) is 3.16. The Morgan fingerprint density at radius 2 is 2.00 bits per heavy atom. The number of benzene rings is 1. The molecule has 3 rings (SSSR count). The van der Waals surface area contributed by atoms with Gasteiger partial charge in [0.25, 0.3) is 5.56 Å². The first-order valence-corrected chi connectivity index (χ1v) is 10.5. The highest BCUT2D eigenvalue weighted by atomic mass is 35.5. The summed E-state index contributed by atoms with van der Waals surface area (Å²) < 4.78 is 2.90. The number of unbranched alkanes of at least 4 members (excludes halogenated alkanes) is 1. The molecular weight excluding hydrogens is 398 g/mol. The summed E-state index contributed by atoms with van der Waals surface area (Å²) in [7, 11) is 0. The molecule has 1 aromatic carbocycles. The van der Waals surface area contributed by atoms with Gasteiger partial charge in [-0.15, -0.1) is 11.3 Å². The van der Waals surface area contributed by atoms with Gasteiger partial charge in [-0.25, -0.2) is 9.36 Å². The van der Waals surface area contributed by atoms with Crippen LogP contribution in [-0.4, -0.2) is 33.0 Å². The number of rotatable bonds is 7. The number of halogens is 1. The van der Waals surface area contributed by atoms with Gasteiger partial charge in [-0.3, -0.25) is 14.2 Å². The Labute approximate surface area is 171 Å². The summed E-state index contributed by atoms with van der Waals surface area (Å²) in [6.45, 7) is 5.11. The minimum atomic E-state index is -0.543. The highest BCUT2D eigenvalue weighted by Crippen LogP contribution is 2.18. The molecule has 148 valence electrons. The van der Waals surface area contributed by atoms with Crippen molar-refractivity contribution in [1.29, 1.82) is 0 Å². The summed E-state index contributed by atoms with van der Waals surface area (Å²) in [5, 5.41) is 2.18. The Morgan fingerprint density at radius 3 is 2.68 bits per heavy atom. The van der Waals surface area contributed by atoms with E-state index in [0.717, 1.165) is 17.4 Å². The van der Waals surface area contributed by atoms with E-state index in [-0.39, 0.29) is 12.5 Å². The lowest BCUT2D eigenvalue weighted by Crippen LogP contribution is -2.42. The van der Waals surface area contributed by atoms with Gasteiger partial charge in [-0.1, -0.05) is 31.0 Å². The van der Waals surface area contributed by atoms with E-state index in [1.165, 1.54) is 15.9 Å². The Bertz CT molecular complexity index is 1120. The summed E-state index contributed by atoms with van der Waals surface area (Å²) in [6.07, 6.45) is 1.89. The zero-order chi connectivity index (χ0) is 20.3. The number of nitrogens with zero attached hydrogens (tertiary/aromatic N) is 3. The van der Waals surface area contributed by atoms with E-state index in [0.29, 0.717) is 34.0 Å². The number of amides is 1. The summed E-state index contributed by atoms with van der Waals surface area (Å²) in [6, 6.07) is 8.28. The van der Waals surface area contributed by atoms with Crippen molar-refractivity contribution in [2.24, 2.45) is 0 Å². The number of carbonyl (C=O) groups excluding carboxylic acids is 1. The normalized spacial score (nSPS) is 11.1. The molecule has 0 aliphatic heterocycles. The van der Waals surface area contributed by atoms with Crippen LogP contribution in [0.3, 0.4) is 0 Å². The Hall–Kier alpha value is -2.38. The minimum absolute atomic E-state index is 0.107. The van der Waals surface area contributed by atoms with Gasteiger partial charge < -0.3 is 4.90 Å². The van der Waals surface area contributed by atoms with E-state index >= 15 is 0 Å². The van der Waals surface area contributed by atoms with Gasteiger partial charge in [0.15, 0.2) is 0 Å². The molecule has 0 atom stereocenters. The van der Waals surface area contributed by atoms with Crippen molar-refractivity contribution in [3.63, 3.8) is 0 Å². The Kier molecular flexibility index (Phi) is 6.36. The van der Waals surface area contributed by atoms with Gasteiger partial charge in [0.05, 0.1) is 11.2 Å².